The van der Waals surface area contributed by atoms with Gasteiger partial charge < -0.3 is 19.9 Å². The standard InChI is InChI=1S/C29H36N4O3/c1-4-22(29(9-10-29)33-13-15-36-16-14-33)18-25(21(3)32-11-5-6-12-32)28(35)30-23-7-8-26-24(19-23)20(2)17-27(34)31-26/h4,7-8,17-19H,1,5-6,9-16H2,2-3H3,(H,30,35)(H,31,34)/b22-18+,25-21-. The lowest BCUT2D eigenvalue weighted by Crippen LogP contribution is -2.46. The van der Waals surface area contributed by atoms with Crippen LogP contribution in [0.4, 0.5) is 5.69 Å². The summed E-state index contributed by atoms with van der Waals surface area (Å²) in [6.07, 6.45) is 8.44. The summed E-state index contributed by atoms with van der Waals surface area (Å²) in [6.45, 7) is 13.3. The van der Waals surface area contributed by atoms with Gasteiger partial charge in [-0.1, -0.05) is 12.7 Å². The van der Waals surface area contributed by atoms with Gasteiger partial charge in [0.25, 0.3) is 5.91 Å². The minimum atomic E-state index is -0.127. The fourth-order valence-electron chi connectivity index (χ4n) is 5.69. The molecule has 1 aliphatic carbocycles. The number of benzene rings is 1. The summed E-state index contributed by atoms with van der Waals surface area (Å²) in [5.41, 5.74) is 4.97. The molecule has 36 heavy (non-hydrogen) atoms. The number of carbonyl (C=O) groups excluding carboxylic acids is 1. The molecule has 1 amide bonds. The molecule has 1 aromatic heterocycles. The Kier molecular flexibility index (Phi) is 6.86. The number of carbonyl (C=O) groups is 1. The molecule has 3 heterocycles. The van der Waals surface area contributed by atoms with E-state index in [1.807, 2.05) is 31.2 Å². The van der Waals surface area contributed by atoms with E-state index in [0.717, 1.165) is 92.8 Å². The van der Waals surface area contributed by atoms with Crippen molar-refractivity contribution in [1.82, 2.24) is 14.8 Å². The molecule has 1 aromatic carbocycles. The molecular weight excluding hydrogens is 452 g/mol. The molecular formula is C29H36N4O3. The second-order valence-corrected chi connectivity index (χ2v) is 10.2. The lowest BCUT2D eigenvalue weighted by molar-refractivity contribution is -0.112. The lowest BCUT2D eigenvalue weighted by Gasteiger charge is -2.36. The molecule has 7 nitrogen and oxygen atoms in total. The van der Waals surface area contributed by atoms with E-state index in [1.165, 1.54) is 0 Å². The number of morpholine rings is 1. The fraction of sp³-hybridized carbons (Fsp3) is 0.448. The molecule has 0 radical (unpaired) electrons. The van der Waals surface area contributed by atoms with Crippen LogP contribution in [0.3, 0.4) is 0 Å². The zero-order valence-electron chi connectivity index (χ0n) is 21.4. The quantitative estimate of drug-likeness (QED) is 0.453. The van der Waals surface area contributed by atoms with Gasteiger partial charge in [0, 0.05) is 60.1 Å². The third-order valence-corrected chi connectivity index (χ3v) is 7.92. The largest absolute Gasteiger partial charge is 0.379 e. The highest BCUT2D eigenvalue weighted by Crippen LogP contribution is 2.49. The summed E-state index contributed by atoms with van der Waals surface area (Å²) in [5, 5.41) is 4.05. The van der Waals surface area contributed by atoms with Crippen molar-refractivity contribution >= 4 is 22.5 Å². The number of ether oxygens (including phenoxy) is 1. The fourth-order valence-corrected chi connectivity index (χ4v) is 5.69. The summed E-state index contributed by atoms with van der Waals surface area (Å²) in [4.78, 5) is 33.3. The Morgan fingerprint density at radius 1 is 1.14 bits per heavy atom. The molecule has 7 heteroatoms. The Morgan fingerprint density at radius 3 is 2.53 bits per heavy atom. The number of hydrogen-bond acceptors (Lipinski definition) is 5. The Balaban J connectivity index is 1.49. The number of nitrogens with zero attached hydrogens (tertiary/aromatic N) is 2. The van der Waals surface area contributed by atoms with Crippen LogP contribution < -0.4 is 10.9 Å². The van der Waals surface area contributed by atoms with Crippen LogP contribution in [0.2, 0.25) is 0 Å². The van der Waals surface area contributed by atoms with Crippen molar-refractivity contribution < 1.29 is 9.53 Å². The Bertz CT molecular complexity index is 1290. The second-order valence-electron chi connectivity index (χ2n) is 10.2. The number of anilines is 1. The third-order valence-electron chi connectivity index (χ3n) is 7.92. The number of aromatic amines is 1. The normalized spacial score (nSPS) is 20.8. The van der Waals surface area contributed by atoms with Crippen LogP contribution in [-0.4, -0.2) is 65.6 Å². The van der Waals surface area contributed by atoms with E-state index in [2.05, 4.69) is 39.7 Å². The van der Waals surface area contributed by atoms with Gasteiger partial charge >= 0.3 is 0 Å². The molecule has 3 fully saturated rings. The van der Waals surface area contributed by atoms with Crippen molar-refractivity contribution in [3.63, 3.8) is 0 Å². The summed E-state index contributed by atoms with van der Waals surface area (Å²) < 4.78 is 5.59. The monoisotopic (exact) mass is 488 g/mol. The van der Waals surface area contributed by atoms with Crippen LogP contribution in [0, 0.1) is 6.92 Å². The van der Waals surface area contributed by atoms with E-state index < -0.39 is 0 Å². The van der Waals surface area contributed by atoms with Crippen molar-refractivity contribution in [2.75, 3.05) is 44.7 Å². The van der Waals surface area contributed by atoms with Crippen molar-refractivity contribution in [2.24, 2.45) is 0 Å². The van der Waals surface area contributed by atoms with Crippen molar-refractivity contribution in [1.29, 1.82) is 0 Å². The summed E-state index contributed by atoms with van der Waals surface area (Å²) in [5.74, 6) is -0.127. The van der Waals surface area contributed by atoms with Crippen LogP contribution in [0.15, 0.2) is 64.6 Å². The molecule has 2 aliphatic heterocycles. The Hall–Kier alpha value is -3.16. The highest BCUT2D eigenvalue weighted by Gasteiger charge is 2.50. The number of hydrogen-bond donors (Lipinski definition) is 2. The van der Waals surface area contributed by atoms with E-state index in [4.69, 9.17) is 4.74 Å². The highest BCUT2D eigenvalue weighted by molar-refractivity contribution is 6.07. The molecule has 5 rings (SSSR count). The smallest absolute Gasteiger partial charge is 0.257 e. The van der Waals surface area contributed by atoms with Gasteiger partial charge in [0.05, 0.1) is 18.8 Å². The molecule has 2 N–H and O–H groups in total. The minimum Gasteiger partial charge on any atom is -0.379 e. The topological polar surface area (TPSA) is 77.7 Å². The molecule has 3 aliphatic rings. The summed E-state index contributed by atoms with van der Waals surface area (Å²) in [6, 6.07) is 7.19. The first-order chi connectivity index (χ1) is 17.4. The van der Waals surface area contributed by atoms with Gasteiger partial charge in [-0.25, -0.2) is 0 Å². The SMILES string of the molecule is C=C/C(=C\C(C(=O)Nc1ccc2[nH]c(=O)cc(C)c2c1)=C(/C)N1CCCC1)C1(N2CCOCC2)CC1. The maximum absolute atomic E-state index is 13.8. The minimum absolute atomic E-state index is 0.0473. The number of aromatic nitrogens is 1. The number of nitrogens with one attached hydrogen (secondary N) is 2. The average Bonchev–Trinajstić information content (AvgIpc) is 3.49. The highest BCUT2D eigenvalue weighted by atomic mass is 16.5. The molecule has 1 saturated carbocycles. The summed E-state index contributed by atoms with van der Waals surface area (Å²) in [7, 11) is 0. The number of likely N-dealkylation sites (tertiary alicyclic amines) is 1. The first-order valence-electron chi connectivity index (χ1n) is 13.0. The van der Waals surface area contributed by atoms with Gasteiger partial charge in [-0.15, -0.1) is 0 Å². The summed E-state index contributed by atoms with van der Waals surface area (Å²) >= 11 is 0. The van der Waals surface area contributed by atoms with Gasteiger partial charge in [0.15, 0.2) is 0 Å². The number of fused-ring (bicyclic) bond motifs is 1. The number of allylic oxidation sites excluding steroid dienone is 1. The molecule has 2 aromatic rings. The Morgan fingerprint density at radius 2 is 1.86 bits per heavy atom. The molecule has 0 unspecified atom stereocenters. The van der Waals surface area contributed by atoms with Gasteiger partial charge in [-0.3, -0.25) is 14.5 Å². The second kappa shape index (κ2) is 10.1. The van der Waals surface area contributed by atoms with Crippen molar-refractivity contribution in [2.45, 2.75) is 45.1 Å². The number of aryl methyl sites for hydroxylation is 1. The van der Waals surface area contributed by atoms with Gasteiger partial charge in [-0.2, -0.15) is 0 Å². The molecule has 0 atom stereocenters. The molecule has 190 valence electrons. The van der Waals surface area contributed by atoms with Crippen LogP contribution in [-0.2, 0) is 9.53 Å². The lowest BCUT2D eigenvalue weighted by atomic mass is 9.98. The zero-order valence-corrected chi connectivity index (χ0v) is 21.4. The van der Waals surface area contributed by atoms with Gasteiger partial charge in [0.1, 0.15) is 0 Å². The van der Waals surface area contributed by atoms with Gasteiger partial charge in [-0.05, 0) is 74.9 Å². The third kappa shape index (κ3) is 4.77. The molecule has 2 saturated heterocycles. The van der Waals surface area contributed by atoms with Gasteiger partial charge in [0.2, 0.25) is 5.56 Å². The number of H-pyrrole nitrogens is 1. The maximum Gasteiger partial charge on any atom is 0.257 e. The van der Waals surface area contributed by atoms with E-state index in [0.29, 0.717) is 11.3 Å². The van der Waals surface area contributed by atoms with Crippen molar-refractivity contribution in [3.05, 3.63) is 75.8 Å². The zero-order chi connectivity index (χ0) is 25.3. The number of pyridine rings is 1. The first kappa shape index (κ1) is 24.5. The van der Waals surface area contributed by atoms with E-state index >= 15 is 0 Å². The average molecular weight is 489 g/mol. The van der Waals surface area contributed by atoms with Crippen LogP contribution >= 0.6 is 0 Å². The molecule has 0 bridgehead atoms. The maximum atomic E-state index is 13.8. The predicted molar refractivity (Wildman–Crippen MR) is 144 cm³/mol. The van der Waals surface area contributed by atoms with Crippen molar-refractivity contribution in [3.8, 4) is 0 Å². The van der Waals surface area contributed by atoms with Crippen LogP contribution in [0.25, 0.3) is 10.9 Å². The molecule has 0 spiro atoms. The Labute approximate surface area is 212 Å². The van der Waals surface area contributed by atoms with Crippen LogP contribution in [0.5, 0.6) is 0 Å². The van der Waals surface area contributed by atoms with E-state index in [9.17, 15) is 9.59 Å². The predicted octanol–water partition coefficient (Wildman–Crippen LogP) is 4.12. The first-order valence-corrected chi connectivity index (χ1v) is 13.0. The van der Waals surface area contributed by atoms with Crippen LogP contribution in [0.1, 0.15) is 38.2 Å². The van der Waals surface area contributed by atoms with E-state index in [-0.39, 0.29) is 17.0 Å². The number of amides is 1. The van der Waals surface area contributed by atoms with E-state index in [1.54, 1.807) is 6.07 Å². The number of rotatable bonds is 7.